The van der Waals surface area contributed by atoms with Crippen LogP contribution < -0.4 is 15.5 Å². The van der Waals surface area contributed by atoms with Crippen molar-refractivity contribution >= 4 is 43.0 Å². The summed E-state index contributed by atoms with van der Waals surface area (Å²) >= 11 is 0. The summed E-state index contributed by atoms with van der Waals surface area (Å²) in [6.45, 7) is 12.9. The average Bonchev–Trinajstić information content (AvgIpc) is 2.95. The van der Waals surface area contributed by atoms with Gasteiger partial charge in [-0.2, -0.15) is 0 Å². The highest BCUT2D eigenvalue weighted by Gasteiger charge is 2.22. The zero-order valence-corrected chi connectivity index (χ0v) is 28.7. The molecule has 256 valence electrons. The lowest BCUT2D eigenvalue weighted by Gasteiger charge is -2.31. The molecule has 3 amide bonds. The molecule has 46 heavy (non-hydrogen) atoms. The van der Waals surface area contributed by atoms with Gasteiger partial charge < -0.3 is 39.7 Å². The van der Waals surface area contributed by atoms with Gasteiger partial charge in [0.05, 0.1) is 24.4 Å². The van der Waals surface area contributed by atoms with Crippen LogP contribution in [0.4, 0.5) is 26.7 Å². The third kappa shape index (κ3) is 14.2. The van der Waals surface area contributed by atoms with E-state index in [4.69, 9.17) is 19.3 Å². The fourth-order valence-corrected chi connectivity index (χ4v) is 4.98. The lowest BCUT2D eigenvalue weighted by molar-refractivity contribution is -0.152. The molecule has 0 spiro atoms. The number of aryl methyl sites for hydroxylation is 1. The Bertz CT molecular complexity index is 1320. The minimum Gasteiger partial charge on any atom is -0.428 e. The van der Waals surface area contributed by atoms with E-state index in [-0.39, 0.29) is 24.9 Å². The lowest BCUT2D eigenvalue weighted by atomic mass is 9.92. The summed E-state index contributed by atoms with van der Waals surface area (Å²) in [6, 6.07) is 13.0. The van der Waals surface area contributed by atoms with E-state index in [1.165, 1.54) is 7.05 Å². The Morgan fingerprint density at radius 2 is 1.57 bits per heavy atom. The highest BCUT2D eigenvalue weighted by Crippen LogP contribution is 2.35. The minimum absolute atomic E-state index is 0.00999. The minimum atomic E-state index is -4.65. The second kappa shape index (κ2) is 18.5. The van der Waals surface area contributed by atoms with Crippen molar-refractivity contribution < 1.29 is 42.7 Å². The Morgan fingerprint density at radius 1 is 0.935 bits per heavy atom. The molecule has 2 rings (SSSR count). The normalized spacial score (nSPS) is 12.1. The molecule has 0 bridgehead atoms. The molecule has 0 aliphatic heterocycles. The van der Waals surface area contributed by atoms with E-state index >= 15 is 0 Å². The van der Waals surface area contributed by atoms with Gasteiger partial charge in [-0.25, -0.2) is 14.2 Å². The van der Waals surface area contributed by atoms with Gasteiger partial charge in [0.15, 0.2) is 0 Å². The maximum atomic E-state index is 13.1. The molecule has 0 fully saturated rings. The standard InChI is InChI=1S/C32H49N4O9P/c1-8-25(18-30(37)43-21-44-32(39)35(7)15-16-45-46(40,41)42)26-11-14-29(36(19-22(2)3)20-23(4)5)28(17-26)34-31(38)33-27-12-9-24(6)10-13-27/h9-14,17,22-23,25H,8,15-16,18-21H2,1-7H3,(H2,33,34,38)(H2,40,41,42)/t25-/m0/s1. The van der Waals surface area contributed by atoms with Crippen LogP contribution in [0.25, 0.3) is 0 Å². The number of ether oxygens (including phenoxy) is 2. The Morgan fingerprint density at radius 3 is 2.13 bits per heavy atom. The zero-order valence-electron chi connectivity index (χ0n) is 27.8. The van der Waals surface area contributed by atoms with E-state index in [9.17, 15) is 18.9 Å². The molecule has 1 atom stereocenters. The number of phosphoric ester groups is 1. The fourth-order valence-electron chi connectivity index (χ4n) is 4.66. The van der Waals surface area contributed by atoms with Gasteiger partial charge in [0.25, 0.3) is 0 Å². The van der Waals surface area contributed by atoms with Crippen LogP contribution in [0, 0.1) is 18.8 Å². The number of likely N-dealkylation sites (N-methyl/N-ethyl adjacent to an activating group) is 1. The van der Waals surface area contributed by atoms with Gasteiger partial charge in [0, 0.05) is 32.4 Å². The first-order chi connectivity index (χ1) is 21.6. The van der Waals surface area contributed by atoms with Crippen molar-refractivity contribution in [2.24, 2.45) is 11.8 Å². The third-order valence-electron chi connectivity index (χ3n) is 6.87. The number of esters is 1. The molecule has 2 aromatic carbocycles. The molecule has 0 aliphatic rings. The molecule has 0 heterocycles. The predicted molar refractivity (Wildman–Crippen MR) is 178 cm³/mol. The number of benzene rings is 2. The van der Waals surface area contributed by atoms with Crippen LogP contribution in [0.15, 0.2) is 42.5 Å². The number of carbonyl (C=O) groups is 3. The van der Waals surface area contributed by atoms with Gasteiger partial charge in [-0.15, -0.1) is 0 Å². The number of phosphoric acid groups is 1. The van der Waals surface area contributed by atoms with E-state index in [1.54, 1.807) is 0 Å². The molecule has 2 aromatic rings. The number of rotatable bonds is 17. The quantitative estimate of drug-likeness (QED) is 0.0854. The SMILES string of the molecule is CC[C@@H](CC(=O)OCOC(=O)N(C)CCOP(=O)(O)O)c1ccc(N(CC(C)C)CC(C)C)c(NC(=O)Nc2ccc(C)cc2)c1. The summed E-state index contributed by atoms with van der Waals surface area (Å²) in [5, 5.41) is 5.92. The van der Waals surface area contributed by atoms with Gasteiger partial charge >= 0.3 is 25.9 Å². The molecule has 14 heteroatoms. The highest BCUT2D eigenvalue weighted by molar-refractivity contribution is 7.46. The number of nitrogens with zero attached hydrogens (tertiary/aromatic N) is 2. The Labute approximate surface area is 271 Å². The molecule has 0 unspecified atom stereocenters. The van der Waals surface area contributed by atoms with Crippen molar-refractivity contribution in [3.8, 4) is 0 Å². The van der Waals surface area contributed by atoms with Crippen LogP contribution >= 0.6 is 7.82 Å². The van der Waals surface area contributed by atoms with Crippen LogP contribution in [0.5, 0.6) is 0 Å². The van der Waals surface area contributed by atoms with E-state index < -0.39 is 33.3 Å². The summed E-state index contributed by atoms with van der Waals surface area (Å²) in [7, 11) is -3.30. The summed E-state index contributed by atoms with van der Waals surface area (Å²) in [6.07, 6.45) is -0.236. The number of hydrogen-bond acceptors (Lipinski definition) is 8. The zero-order chi connectivity index (χ0) is 34.4. The average molecular weight is 665 g/mol. The van der Waals surface area contributed by atoms with Gasteiger partial charge in [0.1, 0.15) is 0 Å². The van der Waals surface area contributed by atoms with Crippen molar-refractivity contribution in [2.45, 2.75) is 60.3 Å². The molecular formula is C32H49N4O9P. The monoisotopic (exact) mass is 664 g/mol. The van der Waals surface area contributed by atoms with E-state index in [1.807, 2.05) is 56.3 Å². The van der Waals surface area contributed by atoms with Gasteiger partial charge in [0.2, 0.25) is 6.79 Å². The van der Waals surface area contributed by atoms with Crippen LogP contribution in [0.1, 0.15) is 64.5 Å². The van der Waals surface area contributed by atoms with Crippen molar-refractivity contribution in [2.75, 3.05) is 55.6 Å². The first-order valence-electron chi connectivity index (χ1n) is 15.3. The summed E-state index contributed by atoms with van der Waals surface area (Å²) in [5.41, 5.74) is 4.08. The second-order valence-electron chi connectivity index (χ2n) is 12.0. The van der Waals surface area contributed by atoms with Gasteiger partial charge in [-0.05, 0) is 60.9 Å². The molecule has 0 saturated heterocycles. The number of anilines is 3. The summed E-state index contributed by atoms with van der Waals surface area (Å²) in [4.78, 5) is 58.7. The first-order valence-corrected chi connectivity index (χ1v) is 16.9. The van der Waals surface area contributed by atoms with Crippen LogP contribution in [-0.2, 0) is 23.4 Å². The fraction of sp³-hybridized carbons (Fsp3) is 0.531. The van der Waals surface area contributed by atoms with E-state index in [2.05, 4.69) is 47.8 Å². The molecule has 0 aliphatic carbocycles. The van der Waals surface area contributed by atoms with Crippen molar-refractivity contribution in [3.63, 3.8) is 0 Å². The maximum Gasteiger partial charge on any atom is 0.469 e. The molecular weight excluding hydrogens is 615 g/mol. The second-order valence-corrected chi connectivity index (χ2v) is 13.3. The number of carbonyl (C=O) groups excluding carboxylic acids is 3. The number of urea groups is 1. The number of amides is 3. The van der Waals surface area contributed by atoms with Crippen LogP contribution in [-0.4, -0.2) is 72.9 Å². The molecule has 13 nitrogen and oxygen atoms in total. The van der Waals surface area contributed by atoms with E-state index in [0.29, 0.717) is 29.6 Å². The number of hydrogen-bond donors (Lipinski definition) is 4. The Hall–Kier alpha value is -3.64. The largest absolute Gasteiger partial charge is 0.469 e. The van der Waals surface area contributed by atoms with Crippen LogP contribution in [0.3, 0.4) is 0 Å². The summed E-state index contributed by atoms with van der Waals surface area (Å²) < 4.78 is 25.2. The molecule has 0 radical (unpaired) electrons. The molecule has 0 saturated carbocycles. The Kier molecular flexibility index (Phi) is 15.5. The third-order valence-corrected chi connectivity index (χ3v) is 7.39. The Balaban J connectivity index is 2.16. The van der Waals surface area contributed by atoms with Crippen molar-refractivity contribution in [3.05, 3.63) is 53.6 Å². The topological polar surface area (TPSA) is 167 Å². The predicted octanol–water partition coefficient (Wildman–Crippen LogP) is 6.32. The van der Waals surface area contributed by atoms with Gasteiger partial charge in [-0.1, -0.05) is 58.4 Å². The van der Waals surface area contributed by atoms with E-state index in [0.717, 1.165) is 34.8 Å². The maximum absolute atomic E-state index is 13.1. The highest BCUT2D eigenvalue weighted by atomic mass is 31.2. The number of nitrogens with one attached hydrogen (secondary N) is 2. The molecule has 4 N–H and O–H groups in total. The summed E-state index contributed by atoms with van der Waals surface area (Å²) in [5.74, 6) is -0.0568. The van der Waals surface area contributed by atoms with Crippen molar-refractivity contribution in [1.29, 1.82) is 0 Å². The molecule has 0 aromatic heterocycles. The lowest BCUT2D eigenvalue weighted by Crippen LogP contribution is -2.32. The van der Waals surface area contributed by atoms with Gasteiger partial charge in [-0.3, -0.25) is 9.32 Å². The first kappa shape index (κ1) is 38.5. The van der Waals surface area contributed by atoms with Crippen LogP contribution in [0.2, 0.25) is 0 Å². The smallest absolute Gasteiger partial charge is 0.428 e. The van der Waals surface area contributed by atoms with Crippen molar-refractivity contribution in [1.82, 2.24) is 4.90 Å².